The molecule has 0 bridgehead atoms. The van der Waals surface area contributed by atoms with Gasteiger partial charge in [-0.2, -0.15) is 5.10 Å². The van der Waals surface area contributed by atoms with Crippen molar-refractivity contribution in [1.82, 2.24) is 0 Å². The van der Waals surface area contributed by atoms with Gasteiger partial charge in [0.05, 0.1) is 28.9 Å². The molecule has 0 aliphatic rings. The fourth-order valence-electron chi connectivity index (χ4n) is 2.68. The highest BCUT2D eigenvalue weighted by Crippen LogP contribution is 2.38. The van der Waals surface area contributed by atoms with Crippen molar-refractivity contribution < 1.29 is 19.3 Å². The summed E-state index contributed by atoms with van der Waals surface area (Å²) in [5.74, 6) is 0.221. The monoisotopic (exact) mass is 422 g/mol. The van der Waals surface area contributed by atoms with Gasteiger partial charge in [-0.15, -0.1) is 0 Å². The first-order valence-corrected chi connectivity index (χ1v) is 9.04. The van der Waals surface area contributed by atoms with Gasteiger partial charge in [-0.05, 0) is 23.8 Å². The van der Waals surface area contributed by atoms with E-state index >= 15 is 0 Å². The van der Waals surface area contributed by atoms with Crippen LogP contribution in [0, 0.1) is 20.2 Å². The summed E-state index contributed by atoms with van der Waals surface area (Å²) in [5, 5.41) is 26.3. The molecule has 0 fully saturated rings. The first kappa shape index (κ1) is 21.2. The molecule has 0 radical (unpaired) electrons. The maximum absolute atomic E-state index is 11.6. The molecule has 158 valence electrons. The van der Waals surface area contributed by atoms with Crippen molar-refractivity contribution in [3.05, 3.63) is 98.1 Å². The summed E-state index contributed by atoms with van der Waals surface area (Å²) in [6, 6.07) is 17.8. The van der Waals surface area contributed by atoms with Crippen LogP contribution >= 0.6 is 0 Å². The van der Waals surface area contributed by atoms with Crippen molar-refractivity contribution in [2.24, 2.45) is 5.10 Å². The van der Waals surface area contributed by atoms with Crippen molar-refractivity contribution >= 4 is 23.3 Å². The van der Waals surface area contributed by atoms with E-state index in [9.17, 15) is 20.2 Å². The van der Waals surface area contributed by atoms with Crippen LogP contribution < -0.4 is 14.9 Å². The number of nitrogens with one attached hydrogen (secondary N) is 1. The molecule has 0 atom stereocenters. The Hall–Kier alpha value is -4.47. The third-order valence-corrected chi connectivity index (χ3v) is 4.19. The third-order valence-electron chi connectivity index (χ3n) is 4.19. The van der Waals surface area contributed by atoms with Crippen LogP contribution in [-0.2, 0) is 6.61 Å². The number of nitro groups is 2. The molecule has 0 saturated heterocycles. The number of non-ortho nitro benzene ring substituents is 1. The summed E-state index contributed by atoms with van der Waals surface area (Å²) in [6.45, 7) is 0.146. The van der Waals surface area contributed by atoms with E-state index in [-0.39, 0.29) is 29.5 Å². The summed E-state index contributed by atoms with van der Waals surface area (Å²) < 4.78 is 11.0. The van der Waals surface area contributed by atoms with E-state index in [2.05, 4.69) is 10.5 Å². The molecule has 0 heterocycles. The zero-order valence-corrected chi connectivity index (χ0v) is 16.4. The second-order valence-electron chi connectivity index (χ2n) is 6.28. The average Bonchev–Trinajstić information content (AvgIpc) is 2.78. The Morgan fingerprint density at radius 2 is 1.71 bits per heavy atom. The Morgan fingerprint density at radius 1 is 1.00 bits per heavy atom. The Balaban J connectivity index is 1.79. The Bertz CT molecular complexity index is 1100. The van der Waals surface area contributed by atoms with Gasteiger partial charge >= 0.3 is 5.69 Å². The number of rotatable bonds is 9. The van der Waals surface area contributed by atoms with E-state index in [1.54, 1.807) is 6.07 Å². The second kappa shape index (κ2) is 9.83. The lowest BCUT2D eigenvalue weighted by Crippen LogP contribution is -2.03. The van der Waals surface area contributed by atoms with Gasteiger partial charge in [-0.25, -0.2) is 0 Å². The molecule has 0 amide bonds. The van der Waals surface area contributed by atoms with Crippen LogP contribution in [-0.4, -0.2) is 23.2 Å². The van der Waals surface area contributed by atoms with Crippen molar-refractivity contribution in [3.8, 4) is 11.5 Å². The van der Waals surface area contributed by atoms with Gasteiger partial charge in [0.2, 0.25) is 5.75 Å². The van der Waals surface area contributed by atoms with Gasteiger partial charge in [0.25, 0.3) is 5.69 Å². The molecule has 0 aliphatic carbocycles. The molecule has 10 heteroatoms. The minimum Gasteiger partial charge on any atom is -0.493 e. The Kier molecular flexibility index (Phi) is 6.74. The number of hydrazone groups is 1. The fourth-order valence-corrected chi connectivity index (χ4v) is 2.68. The van der Waals surface area contributed by atoms with Gasteiger partial charge in [0.1, 0.15) is 6.61 Å². The highest BCUT2D eigenvalue weighted by Gasteiger charge is 2.22. The number of methoxy groups -OCH3 is 1. The molecule has 0 aliphatic heterocycles. The first-order chi connectivity index (χ1) is 15.0. The molecule has 0 unspecified atom stereocenters. The van der Waals surface area contributed by atoms with E-state index in [0.717, 1.165) is 5.56 Å². The number of nitrogens with zero attached hydrogens (tertiary/aromatic N) is 3. The minimum absolute atomic E-state index is 0.0248. The zero-order chi connectivity index (χ0) is 22.2. The number of hydrogen-bond donors (Lipinski definition) is 1. The molecule has 0 saturated carbocycles. The lowest BCUT2D eigenvalue weighted by atomic mass is 10.1. The van der Waals surface area contributed by atoms with Gasteiger partial charge in [0, 0.05) is 23.8 Å². The summed E-state index contributed by atoms with van der Waals surface area (Å²) >= 11 is 0. The maximum Gasteiger partial charge on any atom is 0.315 e. The van der Waals surface area contributed by atoms with Crippen LogP contribution in [0.15, 0.2) is 71.8 Å². The maximum atomic E-state index is 11.6. The van der Waals surface area contributed by atoms with E-state index < -0.39 is 9.85 Å². The molecule has 3 aromatic carbocycles. The molecular formula is C21H18N4O6. The van der Waals surface area contributed by atoms with Gasteiger partial charge < -0.3 is 9.47 Å². The zero-order valence-electron chi connectivity index (χ0n) is 16.4. The minimum atomic E-state index is -0.552. The smallest absolute Gasteiger partial charge is 0.315 e. The molecule has 3 aromatic rings. The number of hydrogen-bond acceptors (Lipinski definition) is 8. The van der Waals surface area contributed by atoms with Gasteiger partial charge in [-0.1, -0.05) is 30.3 Å². The second-order valence-corrected chi connectivity index (χ2v) is 6.28. The van der Waals surface area contributed by atoms with E-state index in [1.165, 1.54) is 43.7 Å². The normalized spacial score (nSPS) is 10.6. The van der Waals surface area contributed by atoms with Crippen LogP contribution in [0.3, 0.4) is 0 Å². The number of ether oxygens (including phenoxy) is 2. The summed E-state index contributed by atoms with van der Waals surface area (Å²) in [6.07, 6.45) is 1.37. The molecule has 1 N–H and O–H groups in total. The van der Waals surface area contributed by atoms with Crippen LogP contribution in [0.2, 0.25) is 0 Å². The van der Waals surface area contributed by atoms with E-state index in [4.69, 9.17) is 9.47 Å². The van der Waals surface area contributed by atoms with Crippen LogP contribution in [0.5, 0.6) is 11.5 Å². The van der Waals surface area contributed by atoms with Crippen LogP contribution in [0.4, 0.5) is 17.1 Å². The van der Waals surface area contributed by atoms with Gasteiger partial charge in [0.15, 0.2) is 5.75 Å². The predicted octanol–water partition coefficient (Wildman–Crippen LogP) is 4.54. The molecule has 10 nitrogen and oxygen atoms in total. The first-order valence-electron chi connectivity index (χ1n) is 9.04. The lowest BCUT2D eigenvalue weighted by molar-refractivity contribution is -0.386. The molecule has 0 spiro atoms. The highest BCUT2D eigenvalue weighted by molar-refractivity contribution is 5.83. The number of nitro benzene ring substituents is 2. The predicted molar refractivity (Wildman–Crippen MR) is 115 cm³/mol. The van der Waals surface area contributed by atoms with E-state index in [0.29, 0.717) is 11.3 Å². The highest BCUT2D eigenvalue weighted by atomic mass is 16.6. The molecule has 0 aromatic heterocycles. The molecular weight excluding hydrogens is 404 g/mol. The van der Waals surface area contributed by atoms with Crippen molar-refractivity contribution in [2.75, 3.05) is 12.5 Å². The number of benzene rings is 3. The molecule has 31 heavy (non-hydrogen) atoms. The fraction of sp³-hybridized carbons (Fsp3) is 0.0952. The SMILES string of the molecule is COc1cc(/C=N/Nc2ccc([N+](=O)[O-])cc2)cc([N+](=O)[O-])c1OCc1ccccc1. The van der Waals surface area contributed by atoms with Crippen LogP contribution in [0.1, 0.15) is 11.1 Å². The topological polar surface area (TPSA) is 129 Å². The largest absolute Gasteiger partial charge is 0.493 e. The summed E-state index contributed by atoms with van der Waals surface area (Å²) in [4.78, 5) is 21.2. The Labute approximate surface area is 177 Å². The number of anilines is 1. The van der Waals surface area contributed by atoms with E-state index in [1.807, 2.05) is 30.3 Å². The van der Waals surface area contributed by atoms with Gasteiger partial charge in [-0.3, -0.25) is 25.7 Å². The quantitative estimate of drug-likeness (QED) is 0.304. The summed E-state index contributed by atoms with van der Waals surface area (Å²) in [5.41, 5.74) is 4.20. The van der Waals surface area contributed by atoms with Crippen molar-refractivity contribution in [3.63, 3.8) is 0 Å². The molecule has 3 rings (SSSR count). The lowest BCUT2D eigenvalue weighted by Gasteiger charge is -2.12. The average molecular weight is 422 g/mol. The third kappa shape index (κ3) is 5.54. The summed E-state index contributed by atoms with van der Waals surface area (Å²) in [7, 11) is 1.39. The Morgan fingerprint density at radius 3 is 2.32 bits per heavy atom. The standard InChI is InChI=1S/C21H18N4O6/c1-30-20-12-16(13-22-23-17-7-9-18(10-8-17)24(26)27)11-19(25(28)29)21(20)31-14-15-5-3-2-4-6-15/h2-13,23H,14H2,1H3/b22-13+. The van der Waals surface area contributed by atoms with Crippen LogP contribution in [0.25, 0.3) is 0 Å². The van der Waals surface area contributed by atoms with Crippen molar-refractivity contribution in [2.45, 2.75) is 6.61 Å². The van der Waals surface area contributed by atoms with Crippen molar-refractivity contribution in [1.29, 1.82) is 0 Å².